The highest BCUT2D eigenvalue weighted by molar-refractivity contribution is 6.14. The number of imidazole rings is 2. The molecule has 0 saturated heterocycles. The van der Waals surface area contributed by atoms with Crippen molar-refractivity contribution in [2.45, 2.75) is 13.1 Å². The first-order valence-corrected chi connectivity index (χ1v) is 15.0. The lowest BCUT2D eigenvalue weighted by Gasteiger charge is -2.20. The minimum Gasteiger partial charge on any atom is -0.327 e. The van der Waals surface area contributed by atoms with Gasteiger partial charge in [0.2, 0.25) is 0 Å². The summed E-state index contributed by atoms with van der Waals surface area (Å²) >= 11 is 0. The predicted molar refractivity (Wildman–Crippen MR) is 180 cm³/mol. The Morgan fingerprint density at radius 2 is 0.818 bits per heavy atom. The van der Waals surface area contributed by atoms with Crippen LogP contribution in [0.15, 0.2) is 158 Å². The molecule has 2 heterocycles. The standard InChI is InChI=1S/C40H30N4/c1-3-11-29(12-4-1)27-43-25-23-41-39(43)35-21-19-31-15-7-9-17-33(31)37(35)38-34-18-10-8-16-32(34)20-22-36(38)40-42-24-26-44(40)28-30-13-5-2-6-14-30/h1-26H,27-28H2. The molecule has 0 aliphatic carbocycles. The van der Waals surface area contributed by atoms with Gasteiger partial charge in [-0.25, -0.2) is 9.97 Å². The number of fused-ring (bicyclic) bond motifs is 2. The van der Waals surface area contributed by atoms with Crippen LogP contribution in [0, 0.1) is 0 Å². The lowest BCUT2D eigenvalue weighted by atomic mass is 9.86. The summed E-state index contributed by atoms with van der Waals surface area (Å²) in [5.74, 6) is 1.89. The van der Waals surface area contributed by atoms with E-state index in [1.54, 1.807) is 0 Å². The summed E-state index contributed by atoms with van der Waals surface area (Å²) in [6.07, 6.45) is 7.98. The number of nitrogens with zero attached hydrogens (tertiary/aromatic N) is 4. The summed E-state index contributed by atoms with van der Waals surface area (Å²) in [5.41, 5.74) is 7.02. The largest absolute Gasteiger partial charge is 0.327 e. The molecule has 6 aromatic carbocycles. The predicted octanol–water partition coefficient (Wildman–Crippen LogP) is 9.48. The molecule has 0 N–H and O–H groups in total. The highest BCUT2D eigenvalue weighted by Crippen LogP contribution is 2.45. The average Bonchev–Trinajstić information content (AvgIpc) is 3.74. The molecule has 0 bridgehead atoms. The van der Waals surface area contributed by atoms with Crippen molar-refractivity contribution in [2.24, 2.45) is 0 Å². The fourth-order valence-corrected chi connectivity index (χ4v) is 6.38. The zero-order valence-corrected chi connectivity index (χ0v) is 24.2. The normalized spacial score (nSPS) is 11.4. The minimum absolute atomic E-state index is 0.742. The van der Waals surface area contributed by atoms with Crippen molar-refractivity contribution in [2.75, 3.05) is 0 Å². The SMILES string of the molecule is c1ccc(Cn2ccnc2-c2ccc3ccccc3c2-c2c(-c3nccn3Cc3ccccc3)ccc3ccccc23)cc1. The molecule has 44 heavy (non-hydrogen) atoms. The second-order valence-corrected chi connectivity index (χ2v) is 11.1. The van der Waals surface area contributed by atoms with E-state index in [-0.39, 0.29) is 0 Å². The van der Waals surface area contributed by atoms with E-state index in [0.717, 1.165) is 35.9 Å². The van der Waals surface area contributed by atoms with Crippen LogP contribution in [-0.4, -0.2) is 19.1 Å². The summed E-state index contributed by atoms with van der Waals surface area (Å²) in [6, 6.07) is 47.4. The van der Waals surface area contributed by atoms with Gasteiger partial charge in [0.15, 0.2) is 0 Å². The van der Waals surface area contributed by atoms with Gasteiger partial charge in [-0.05, 0) is 44.8 Å². The summed E-state index contributed by atoms with van der Waals surface area (Å²) < 4.78 is 4.51. The van der Waals surface area contributed by atoms with E-state index < -0.39 is 0 Å². The molecule has 0 radical (unpaired) electrons. The molecule has 0 spiro atoms. The smallest absolute Gasteiger partial charge is 0.140 e. The van der Waals surface area contributed by atoms with Crippen LogP contribution in [0.5, 0.6) is 0 Å². The first-order chi connectivity index (χ1) is 21.8. The van der Waals surface area contributed by atoms with Crippen LogP contribution in [0.3, 0.4) is 0 Å². The molecule has 4 nitrogen and oxygen atoms in total. The van der Waals surface area contributed by atoms with Crippen molar-refractivity contribution in [3.63, 3.8) is 0 Å². The zero-order valence-electron chi connectivity index (χ0n) is 24.2. The lowest BCUT2D eigenvalue weighted by Crippen LogP contribution is -2.04. The van der Waals surface area contributed by atoms with Gasteiger partial charge in [-0.1, -0.05) is 121 Å². The third kappa shape index (κ3) is 4.67. The van der Waals surface area contributed by atoms with Crippen molar-refractivity contribution >= 4 is 21.5 Å². The maximum atomic E-state index is 4.96. The molecule has 0 amide bonds. The third-order valence-electron chi connectivity index (χ3n) is 8.41. The summed E-state index contributed by atoms with van der Waals surface area (Å²) in [5, 5.41) is 4.77. The second kappa shape index (κ2) is 11.2. The maximum Gasteiger partial charge on any atom is 0.140 e. The third-order valence-corrected chi connectivity index (χ3v) is 8.41. The van der Waals surface area contributed by atoms with Crippen molar-refractivity contribution in [3.8, 4) is 33.9 Å². The molecular formula is C40H30N4. The van der Waals surface area contributed by atoms with E-state index >= 15 is 0 Å². The molecule has 4 heteroatoms. The van der Waals surface area contributed by atoms with Crippen LogP contribution < -0.4 is 0 Å². The van der Waals surface area contributed by atoms with Crippen molar-refractivity contribution in [1.29, 1.82) is 0 Å². The van der Waals surface area contributed by atoms with Crippen LogP contribution in [0.25, 0.3) is 55.4 Å². The molecule has 0 saturated carbocycles. The highest BCUT2D eigenvalue weighted by Gasteiger charge is 2.22. The van der Waals surface area contributed by atoms with Crippen LogP contribution in [0.1, 0.15) is 11.1 Å². The van der Waals surface area contributed by atoms with Gasteiger partial charge in [-0.3, -0.25) is 0 Å². The topological polar surface area (TPSA) is 35.6 Å². The molecular weight excluding hydrogens is 536 g/mol. The Bertz CT molecular complexity index is 2060. The van der Waals surface area contributed by atoms with E-state index in [9.17, 15) is 0 Å². The Hall–Kier alpha value is -5.74. The van der Waals surface area contributed by atoms with E-state index in [1.165, 1.54) is 43.8 Å². The molecule has 210 valence electrons. The van der Waals surface area contributed by atoms with Crippen LogP contribution in [0.2, 0.25) is 0 Å². The summed E-state index contributed by atoms with van der Waals surface area (Å²) in [6.45, 7) is 1.48. The van der Waals surface area contributed by atoms with Gasteiger partial charge in [0.25, 0.3) is 0 Å². The van der Waals surface area contributed by atoms with Gasteiger partial charge in [-0.2, -0.15) is 0 Å². The molecule has 8 rings (SSSR count). The van der Waals surface area contributed by atoms with Gasteiger partial charge in [0, 0.05) is 60.1 Å². The lowest BCUT2D eigenvalue weighted by molar-refractivity contribution is 0.806. The molecule has 0 aliphatic heterocycles. The van der Waals surface area contributed by atoms with Gasteiger partial charge < -0.3 is 9.13 Å². The first-order valence-electron chi connectivity index (χ1n) is 15.0. The van der Waals surface area contributed by atoms with Gasteiger partial charge in [0.1, 0.15) is 11.6 Å². The first kappa shape index (κ1) is 25.9. The minimum atomic E-state index is 0.742. The van der Waals surface area contributed by atoms with Crippen LogP contribution in [0.4, 0.5) is 0 Å². The quantitative estimate of drug-likeness (QED) is 0.193. The Morgan fingerprint density at radius 3 is 1.27 bits per heavy atom. The molecule has 0 aliphatic rings. The summed E-state index contributed by atoms with van der Waals surface area (Å²) in [7, 11) is 0. The zero-order chi connectivity index (χ0) is 29.3. The number of benzene rings is 6. The average molecular weight is 567 g/mol. The monoisotopic (exact) mass is 566 g/mol. The van der Waals surface area contributed by atoms with Gasteiger partial charge >= 0.3 is 0 Å². The van der Waals surface area contributed by atoms with Gasteiger partial charge in [-0.15, -0.1) is 0 Å². The van der Waals surface area contributed by atoms with Gasteiger partial charge in [0.05, 0.1) is 0 Å². The second-order valence-electron chi connectivity index (χ2n) is 11.1. The van der Waals surface area contributed by atoms with E-state index in [2.05, 4.69) is 155 Å². The fraction of sp³-hybridized carbons (Fsp3) is 0.0500. The molecule has 2 aromatic heterocycles. The number of rotatable bonds is 7. The Labute approximate surface area is 256 Å². The Kier molecular flexibility index (Phi) is 6.58. The van der Waals surface area contributed by atoms with Crippen molar-refractivity contribution in [3.05, 3.63) is 169 Å². The van der Waals surface area contributed by atoms with Crippen LogP contribution in [-0.2, 0) is 13.1 Å². The van der Waals surface area contributed by atoms with Crippen molar-refractivity contribution < 1.29 is 0 Å². The maximum absolute atomic E-state index is 4.96. The molecule has 0 unspecified atom stereocenters. The fourth-order valence-electron chi connectivity index (χ4n) is 6.38. The van der Waals surface area contributed by atoms with E-state index in [0.29, 0.717) is 0 Å². The molecule has 0 atom stereocenters. The highest BCUT2D eigenvalue weighted by atomic mass is 15.1. The molecule has 0 fully saturated rings. The van der Waals surface area contributed by atoms with E-state index in [1.807, 2.05) is 12.4 Å². The van der Waals surface area contributed by atoms with Crippen molar-refractivity contribution in [1.82, 2.24) is 19.1 Å². The number of hydrogen-bond donors (Lipinski definition) is 0. The Balaban J connectivity index is 1.41. The number of hydrogen-bond acceptors (Lipinski definition) is 2. The number of aromatic nitrogens is 4. The molecule has 8 aromatic rings. The Morgan fingerprint density at radius 1 is 0.409 bits per heavy atom. The van der Waals surface area contributed by atoms with E-state index in [4.69, 9.17) is 9.97 Å². The summed E-state index contributed by atoms with van der Waals surface area (Å²) in [4.78, 5) is 9.93. The van der Waals surface area contributed by atoms with Crippen LogP contribution >= 0.6 is 0 Å².